The summed E-state index contributed by atoms with van der Waals surface area (Å²) < 4.78 is 6.45. The number of hydrogen-bond acceptors (Lipinski definition) is 2. The van der Waals surface area contributed by atoms with Crippen molar-refractivity contribution in [3.8, 4) is 22.3 Å². The molecule has 5 aromatic carbocycles. The molecule has 0 bridgehead atoms. The van der Waals surface area contributed by atoms with Crippen molar-refractivity contribution in [3.05, 3.63) is 123 Å². The Morgan fingerprint density at radius 2 is 1.34 bits per heavy atom. The lowest BCUT2D eigenvalue weighted by Gasteiger charge is -2.36. The van der Waals surface area contributed by atoms with Crippen molar-refractivity contribution in [1.29, 1.82) is 0 Å². The third-order valence-corrected chi connectivity index (χ3v) is 11.8. The van der Waals surface area contributed by atoms with Crippen molar-refractivity contribution in [1.82, 2.24) is 0 Å². The van der Waals surface area contributed by atoms with Crippen LogP contribution in [0.1, 0.15) is 96.0 Å². The van der Waals surface area contributed by atoms with Crippen LogP contribution < -0.4 is 15.8 Å². The summed E-state index contributed by atoms with van der Waals surface area (Å²) >= 11 is 0. The van der Waals surface area contributed by atoms with Gasteiger partial charge in [0.25, 0.3) is 0 Å². The highest BCUT2D eigenvalue weighted by atomic mass is 16.3. The summed E-state index contributed by atoms with van der Waals surface area (Å²) in [7, 11) is 0. The maximum atomic E-state index is 6.45. The molecule has 0 atom stereocenters. The molecule has 2 aliphatic rings. The number of hydrogen-bond donors (Lipinski definition) is 1. The number of furan rings is 1. The Kier molecular flexibility index (Phi) is 6.48. The van der Waals surface area contributed by atoms with Crippen molar-refractivity contribution in [2.75, 3.05) is 5.32 Å². The number of nitrogens with one attached hydrogen (secondary N) is 1. The highest BCUT2D eigenvalue weighted by Gasteiger charge is 2.43. The van der Waals surface area contributed by atoms with E-state index >= 15 is 0 Å². The predicted molar refractivity (Wildman–Crippen MR) is 201 cm³/mol. The van der Waals surface area contributed by atoms with Gasteiger partial charge in [-0.25, -0.2) is 0 Å². The fourth-order valence-electron chi connectivity index (χ4n) is 8.97. The average molecular weight is 616 g/mol. The summed E-state index contributed by atoms with van der Waals surface area (Å²) in [6.45, 7) is 18.6. The summed E-state index contributed by atoms with van der Waals surface area (Å²) in [5.74, 6) is 0. The molecule has 0 unspecified atom stereocenters. The molecule has 1 aromatic heterocycles. The van der Waals surface area contributed by atoms with Crippen LogP contribution in [0.5, 0.6) is 0 Å². The van der Waals surface area contributed by atoms with Crippen molar-refractivity contribution >= 4 is 39.8 Å². The fourth-order valence-corrected chi connectivity index (χ4v) is 8.97. The first-order chi connectivity index (χ1) is 22.6. The van der Waals surface area contributed by atoms with Crippen LogP contribution in [0.2, 0.25) is 0 Å². The fraction of sp³-hybridized carbons (Fsp3) is 0.289. The Morgan fingerprint density at radius 1 is 0.660 bits per heavy atom. The second-order valence-electron chi connectivity index (χ2n) is 14.7. The molecule has 236 valence electrons. The lowest BCUT2D eigenvalue weighted by atomic mass is 9.77. The molecule has 0 fully saturated rings. The molecule has 0 amide bonds. The van der Waals surface area contributed by atoms with Gasteiger partial charge in [-0.05, 0) is 111 Å². The predicted octanol–water partition coefficient (Wildman–Crippen LogP) is 10.9. The quantitative estimate of drug-likeness (QED) is 0.209. The van der Waals surface area contributed by atoms with Gasteiger partial charge in [-0.1, -0.05) is 114 Å². The molecule has 0 saturated carbocycles. The van der Waals surface area contributed by atoms with Gasteiger partial charge in [-0.15, -0.1) is 0 Å². The van der Waals surface area contributed by atoms with Crippen LogP contribution in [-0.4, -0.2) is 0 Å². The van der Waals surface area contributed by atoms with E-state index in [9.17, 15) is 0 Å². The summed E-state index contributed by atoms with van der Waals surface area (Å²) in [5.41, 5.74) is 15.1. The van der Waals surface area contributed by atoms with Crippen molar-refractivity contribution in [3.63, 3.8) is 0 Å². The van der Waals surface area contributed by atoms with Gasteiger partial charge < -0.3 is 9.73 Å². The van der Waals surface area contributed by atoms with Gasteiger partial charge >= 0.3 is 0 Å². The van der Waals surface area contributed by atoms with E-state index in [4.69, 9.17) is 4.42 Å². The molecule has 1 heterocycles. The number of rotatable bonds is 5. The SMILES string of the molecule is CC=c1ccc2c(c1=CC)-c1cc3c(cc1C2(C)C)-c1ccc(C(CC)(CC)Nc2cccc4c2oc2ccccc24)cc1C3(C)C. The summed E-state index contributed by atoms with van der Waals surface area (Å²) in [5, 5.41) is 9.01. The minimum atomic E-state index is -0.241. The first kappa shape index (κ1) is 29.8. The van der Waals surface area contributed by atoms with E-state index in [0.29, 0.717) is 0 Å². The first-order valence-electron chi connectivity index (χ1n) is 17.4. The van der Waals surface area contributed by atoms with E-state index in [1.807, 2.05) is 6.07 Å². The lowest BCUT2D eigenvalue weighted by molar-refractivity contribution is 0.453. The van der Waals surface area contributed by atoms with Gasteiger partial charge in [0.2, 0.25) is 0 Å². The second kappa shape index (κ2) is 10.2. The summed E-state index contributed by atoms with van der Waals surface area (Å²) in [6.07, 6.45) is 6.45. The first-order valence-corrected chi connectivity index (χ1v) is 17.4. The van der Waals surface area contributed by atoms with E-state index < -0.39 is 0 Å². The average Bonchev–Trinajstić information content (AvgIpc) is 3.66. The lowest BCUT2D eigenvalue weighted by Crippen LogP contribution is -2.34. The molecule has 2 heteroatoms. The number of fused-ring (bicyclic) bond motifs is 9. The Hall–Kier alpha value is -4.56. The minimum Gasteiger partial charge on any atom is -0.454 e. The largest absolute Gasteiger partial charge is 0.454 e. The number of anilines is 1. The van der Waals surface area contributed by atoms with Crippen LogP contribution in [0.25, 0.3) is 56.3 Å². The Labute approximate surface area is 278 Å². The summed E-state index contributed by atoms with van der Waals surface area (Å²) in [4.78, 5) is 0. The van der Waals surface area contributed by atoms with Gasteiger partial charge in [0.05, 0.1) is 11.2 Å². The Balaban J connectivity index is 1.27. The van der Waals surface area contributed by atoms with Gasteiger partial charge in [-0.2, -0.15) is 0 Å². The van der Waals surface area contributed by atoms with Crippen LogP contribution in [0.15, 0.2) is 89.3 Å². The highest BCUT2D eigenvalue weighted by molar-refractivity contribution is 6.08. The molecular formula is C45H45NO. The molecule has 0 saturated heterocycles. The van der Waals surface area contributed by atoms with E-state index in [0.717, 1.165) is 40.5 Å². The number of benzene rings is 5. The van der Waals surface area contributed by atoms with Crippen molar-refractivity contribution in [2.24, 2.45) is 0 Å². The standard InChI is InChI=1S/C45H45NO/c1-9-27-20-23-35-41(29(27)10-2)34-26-37-33(25-38(34)43(35,5)6)30-22-21-28(24-36(30)44(37,7)8)45(11-3,12-4)46-39-18-15-17-32-31-16-13-14-19-40(31)47-42(32)39/h9-10,13-26,46H,11-12H2,1-8H3. The zero-order valence-corrected chi connectivity index (χ0v) is 29.1. The zero-order valence-electron chi connectivity index (χ0n) is 29.1. The molecular weight excluding hydrogens is 571 g/mol. The van der Waals surface area contributed by atoms with Crippen LogP contribution >= 0.6 is 0 Å². The third-order valence-electron chi connectivity index (χ3n) is 11.8. The molecule has 2 nitrogen and oxygen atoms in total. The Morgan fingerprint density at radius 3 is 2.09 bits per heavy atom. The van der Waals surface area contributed by atoms with Crippen molar-refractivity contribution in [2.45, 2.75) is 84.6 Å². The molecule has 1 N–H and O–H groups in total. The van der Waals surface area contributed by atoms with E-state index in [1.165, 1.54) is 60.5 Å². The van der Waals surface area contributed by atoms with Crippen LogP contribution in [0, 0.1) is 0 Å². The molecule has 0 aliphatic heterocycles. The van der Waals surface area contributed by atoms with Gasteiger partial charge in [0.1, 0.15) is 5.58 Å². The maximum Gasteiger partial charge on any atom is 0.158 e. The van der Waals surface area contributed by atoms with Crippen molar-refractivity contribution < 1.29 is 4.42 Å². The second-order valence-corrected chi connectivity index (χ2v) is 14.7. The highest BCUT2D eigenvalue weighted by Crippen LogP contribution is 2.56. The molecule has 0 radical (unpaired) electrons. The zero-order chi connectivity index (χ0) is 32.9. The van der Waals surface area contributed by atoms with Gasteiger partial charge in [-0.3, -0.25) is 0 Å². The van der Waals surface area contributed by atoms with Crippen LogP contribution in [0.3, 0.4) is 0 Å². The molecule has 0 spiro atoms. The third kappa shape index (κ3) is 3.97. The van der Waals surface area contributed by atoms with E-state index in [2.05, 4.69) is 152 Å². The topological polar surface area (TPSA) is 25.2 Å². The minimum absolute atomic E-state index is 0.0578. The Bertz CT molecular complexity index is 2380. The van der Waals surface area contributed by atoms with Crippen LogP contribution in [0.4, 0.5) is 5.69 Å². The molecule has 47 heavy (non-hydrogen) atoms. The normalized spacial score (nSPS) is 16.4. The molecule has 2 aliphatic carbocycles. The summed E-state index contributed by atoms with van der Waals surface area (Å²) in [6, 6.07) is 31.8. The van der Waals surface area contributed by atoms with Gasteiger partial charge in [0, 0.05) is 21.6 Å². The van der Waals surface area contributed by atoms with Gasteiger partial charge in [0.15, 0.2) is 5.58 Å². The maximum absolute atomic E-state index is 6.45. The number of para-hydroxylation sites is 2. The van der Waals surface area contributed by atoms with E-state index in [1.54, 1.807) is 0 Å². The molecule has 8 rings (SSSR count). The monoisotopic (exact) mass is 615 g/mol. The smallest absolute Gasteiger partial charge is 0.158 e. The molecule has 6 aromatic rings. The van der Waals surface area contributed by atoms with E-state index in [-0.39, 0.29) is 16.4 Å². The van der Waals surface area contributed by atoms with Crippen LogP contribution in [-0.2, 0) is 16.4 Å².